The molecule has 0 aromatic heterocycles. The van der Waals surface area contributed by atoms with E-state index in [1.54, 1.807) is 25.3 Å². The second-order valence-electron chi connectivity index (χ2n) is 4.23. The molecule has 0 saturated heterocycles. The molecule has 0 saturated carbocycles. The lowest BCUT2D eigenvalue weighted by Gasteiger charge is -2.13. The van der Waals surface area contributed by atoms with Gasteiger partial charge in [0.05, 0.1) is 13.2 Å². The highest BCUT2D eigenvalue weighted by Gasteiger charge is 2.11. The highest BCUT2D eigenvalue weighted by molar-refractivity contribution is 6.33. The van der Waals surface area contributed by atoms with Gasteiger partial charge in [0.25, 0.3) is 0 Å². The van der Waals surface area contributed by atoms with Gasteiger partial charge in [0.15, 0.2) is 0 Å². The predicted octanol–water partition coefficient (Wildman–Crippen LogP) is 4.28. The number of rotatable bonds is 4. The van der Waals surface area contributed by atoms with E-state index in [1.165, 1.54) is 0 Å². The second kappa shape index (κ2) is 6.29. The molecule has 0 aliphatic rings. The summed E-state index contributed by atoms with van der Waals surface area (Å²) in [6.45, 7) is 0. The summed E-state index contributed by atoms with van der Waals surface area (Å²) in [6, 6.07) is 12.5. The first-order valence-electron chi connectivity index (χ1n) is 5.86. The second-order valence-corrected chi connectivity index (χ2v) is 5.07. The molecule has 0 bridgehead atoms. The Morgan fingerprint density at radius 3 is 2.42 bits per heavy atom. The highest BCUT2D eigenvalue weighted by Crippen LogP contribution is 2.27. The van der Waals surface area contributed by atoms with Crippen LogP contribution >= 0.6 is 23.2 Å². The van der Waals surface area contributed by atoms with Crippen molar-refractivity contribution in [1.82, 2.24) is 0 Å². The fourth-order valence-corrected chi connectivity index (χ4v) is 2.24. The van der Waals surface area contributed by atoms with Crippen LogP contribution in [0, 0.1) is 0 Å². The summed E-state index contributed by atoms with van der Waals surface area (Å²) in [6.07, 6.45) is -0.201. The van der Waals surface area contributed by atoms with E-state index in [9.17, 15) is 5.11 Å². The summed E-state index contributed by atoms with van der Waals surface area (Å²) in [4.78, 5) is 0. The Morgan fingerprint density at radius 1 is 1.11 bits per heavy atom. The molecule has 0 aliphatic heterocycles. The summed E-state index contributed by atoms with van der Waals surface area (Å²) in [5, 5.41) is 11.4. The first-order valence-corrected chi connectivity index (χ1v) is 6.61. The molecule has 19 heavy (non-hydrogen) atoms. The molecule has 1 unspecified atom stereocenters. The van der Waals surface area contributed by atoms with E-state index < -0.39 is 6.10 Å². The molecule has 100 valence electrons. The average Bonchev–Trinajstić information content (AvgIpc) is 2.43. The van der Waals surface area contributed by atoms with Gasteiger partial charge in [0.2, 0.25) is 0 Å². The van der Waals surface area contributed by atoms with Gasteiger partial charge in [-0.1, -0.05) is 35.3 Å². The van der Waals surface area contributed by atoms with E-state index in [0.29, 0.717) is 16.5 Å². The summed E-state index contributed by atoms with van der Waals surface area (Å²) < 4.78 is 5.08. The lowest BCUT2D eigenvalue weighted by molar-refractivity contribution is 0.178. The Balaban J connectivity index is 2.15. The van der Waals surface area contributed by atoms with E-state index in [0.717, 1.165) is 16.9 Å². The van der Waals surface area contributed by atoms with Gasteiger partial charge < -0.3 is 9.84 Å². The summed E-state index contributed by atoms with van der Waals surface area (Å²) in [5.41, 5.74) is 1.65. The smallest absolute Gasteiger partial charge is 0.118 e. The predicted molar refractivity (Wildman–Crippen MR) is 78.1 cm³/mol. The molecular weight excluding hydrogens is 283 g/mol. The maximum Gasteiger partial charge on any atom is 0.118 e. The zero-order valence-electron chi connectivity index (χ0n) is 10.4. The standard InChI is InChI=1S/C15H14Cl2O2/c1-19-13-5-2-10(3-6-13)15(18)9-11-8-12(16)4-7-14(11)17/h2-8,15,18H,9H2,1H3. The molecule has 0 aliphatic carbocycles. The fraction of sp³-hybridized carbons (Fsp3) is 0.200. The molecule has 0 fully saturated rings. The van der Waals surface area contributed by atoms with Crippen molar-refractivity contribution in [3.63, 3.8) is 0 Å². The van der Waals surface area contributed by atoms with E-state index in [1.807, 2.05) is 24.3 Å². The molecule has 1 N–H and O–H groups in total. The highest BCUT2D eigenvalue weighted by atomic mass is 35.5. The van der Waals surface area contributed by atoms with Gasteiger partial charge in [-0.25, -0.2) is 0 Å². The quantitative estimate of drug-likeness (QED) is 0.912. The number of hydrogen-bond donors (Lipinski definition) is 1. The number of aliphatic hydroxyl groups excluding tert-OH is 1. The summed E-state index contributed by atoms with van der Waals surface area (Å²) in [7, 11) is 1.61. The zero-order valence-corrected chi connectivity index (χ0v) is 11.9. The van der Waals surface area contributed by atoms with Crippen LogP contribution in [-0.2, 0) is 6.42 Å². The van der Waals surface area contributed by atoms with Crippen LogP contribution in [-0.4, -0.2) is 12.2 Å². The zero-order chi connectivity index (χ0) is 13.8. The SMILES string of the molecule is COc1ccc(C(O)Cc2cc(Cl)ccc2Cl)cc1. The van der Waals surface area contributed by atoms with E-state index >= 15 is 0 Å². The van der Waals surface area contributed by atoms with Crippen molar-refractivity contribution < 1.29 is 9.84 Å². The minimum atomic E-state index is -0.623. The van der Waals surface area contributed by atoms with Gasteiger partial charge in [-0.05, 0) is 41.5 Å². The minimum absolute atomic E-state index is 0.422. The lowest BCUT2D eigenvalue weighted by atomic mass is 10.0. The van der Waals surface area contributed by atoms with Gasteiger partial charge in [-0.15, -0.1) is 0 Å². The normalized spacial score (nSPS) is 12.2. The minimum Gasteiger partial charge on any atom is -0.497 e. The van der Waals surface area contributed by atoms with Crippen molar-refractivity contribution in [2.75, 3.05) is 7.11 Å². The molecular formula is C15H14Cl2O2. The number of hydrogen-bond acceptors (Lipinski definition) is 2. The molecule has 0 heterocycles. The number of ether oxygens (including phenoxy) is 1. The maximum absolute atomic E-state index is 10.2. The first-order chi connectivity index (χ1) is 9.10. The van der Waals surface area contributed by atoms with Gasteiger partial charge in [0.1, 0.15) is 5.75 Å². The Labute approximate surface area is 122 Å². The fourth-order valence-electron chi connectivity index (χ4n) is 1.85. The molecule has 0 radical (unpaired) electrons. The third-order valence-electron chi connectivity index (χ3n) is 2.92. The molecule has 0 amide bonds. The third-order valence-corrected chi connectivity index (χ3v) is 3.53. The number of methoxy groups -OCH3 is 1. The third kappa shape index (κ3) is 3.63. The van der Waals surface area contributed by atoms with Crippen molar-refractivity contribution in [1.29, 1.82) is 0 Å². The van der Waals surface area contributed by atoms with Crippen LogP contribution in [0.25, 0.3) is 0 Å². The monoisotopic (exact) mass is 296 g/mol. The van der Waals surface area contributed by atoms with Crippen molar-refractivity contribution in [3.05, 3.63) is 63.6 Å². The van der Waals surface area contributed by atoms with E-state index in [-0.39, 0.29) is 0 Å². The van der Waals surface area contributed by atoms with Gasteiger partial charge in [-0.3, -0.25) is 0 Å². The van der Waals surface area contributed by atoms with Crippen LogP contribution in [0.1, 0.15) is 17.2 Å². The molecule has 2 rings (SSSR count). The molecule has 4 heteroatoms. The number of benzene rings is 2. The van der Waals surface area contributed by atoms with Crippen LogP contribution in [0.15, 0.2) is 42.5 Å². The van der Waals surface area contributed by atoms with Gasteiger partial charge >= 0.3 is 0 Å². The largest absolute Gasteiger partial charge is 0.497 e. The molecule has 1 atom stereocenters. The first kappa shape index (κ1) is 14.2. The van der Waals surface area contributed by atoms with Crippen LogP contribution in [0.5, 0.6) is 5.75 Å². The van der Waals surface area contributed by atoms with Crippen molar-refractivity contribution in [2.24, 2.45) is 0 Å². The lowest BCUT2D eigenvalue weighted by Crippen LogP contribution is -2.02. The summed E-state index contributed by atoms with van der Waals surface area (Å²) in [5.74, 6) is 0.761. The molecule has 2 aromatic rings. The van der Waals surface area contributed by atoms with Crippen molar-refractivity contribution in [3.8, 4) is 5.75 Å². The Bertz CT molecular complexity index is 553. The molecule has 2 aromatic carbocycles. The Morgan fingerprint density at radius 2 is 1.79 bits per heavy atom. The Kier molecular flexibility index (Phi) is 4.70. The maximum atomic E-state index is 10.2. The number of aliphatic hydroxyl groups is 1. The van der Waals surface area contributed by atoms with E-state index in [2.05, 4.69) is 0 Å². The Hall–Kier alpha value is -1.22. The van der Waals surface area contributed by atoms with Crippen molar-refractivity contribution >= 4 is 23.2 Å². The van der Waals surface area contributed by atoms with Crippen LogP contribution in [0.2, 0.25) is 10.0 Å². The summed E-state index contributed by atoms with van der Waals surface area (Å²) >= 11 is 12.0. The van der Waals surface area contributed by atoms with Crippen LogP contribution < -0.4 is 4.74 Å². The van der Waals surface area contributed by atoms with Crippen molar-refractivity contribution in [2.45, 2.75) is 12.5 Å². The van der Waals surface area contributed by atoms with Gasteiger partial charge in [0, 0.05) is 16.5 Å². The topological polar surface area (TPSA) is 29.5 Å². The van der Waals surface area contributed by atoms with E-state index in [4.69, 9.17) is 27.9 Å². The molecule has 2 nitrogen and oxygen atoms in total. The van der Waals surface area contributed by atoms with Gasteiger partial charge in [-0.2, -0.15) is 0 Å². The van der Waals surface area contributed by atoms with Crippen LogP contribution in [0.3, 0.4) is 0 Å². The van der Waals surface area contributed by atoms with Crippen LogP contribution in [0.4, 0.5) is 0 Å². The number of halogens is 2. The molecule has 0 spiro atoms. The average molecular weight is 297 g/mol.